The highest BCUT2D eigenvalue weighted by Crippen LogP contribution is 2.07. The number of carbonyl (C=O) groups is 2. The van der Waals surface area contributed by atoms with Gasteiger partial charge in [-0.05, 0) is 24.1 Å². The second kappa shape index (κ2) is 7.59. The van der Waals surface area contributed by atoms with Gasteiger partial charge in [0, 0.05) is 12.0 Å². The Morgan fingerprint density at radius 1 is 1.45 bits per heavy atom. The fourth-order valence-electron chi connectivity index (χ4n) is 1.81. The van der Waals surface area contributed by atoms with E-state index in [1.807, 2.05) is 13.0 Å². The minimum absolute atomic E-state index is 0.344. The number of carboxylic acids is 1. The zero-order valence-corrected chi connectivity index (χ0v) is 12.1. The maximum atomic E-state index is 12.0. The third kappa shape index (κ3) is 4.97. The molecule has 0 radical (unpaired) electrons. The van der Waals surface area contributed by atoms with Crippen molar-refractivity contribution in [3.63, 3.8) is 0 Å². The van der Waals surface area contributed by atoms with E-state index in [2.05, 4.69) is 5.32 Å². The zero-order valence-electron chi connectivity index (χ0n) is 11.3. The molecule has 1 aromatic carbocycles. The van der Waals surface area contributed by atoms with E-state index < -0.39 is 17.9 Å². The minimum Gasteiger partial charge on any atom is -0.480 e. The molecule has 0 fully saturated rings. The number of hydrogen-bond donors (Lipinski definition) is 3. The quantitative estimate of drug-likeness (QED) is 0.663. The van der Waals surface area contributed by atoms with Gasteiger partial charge in [0.1, 0.15) is 6.04 Å². The number of rotatable bonds is 7. The first-order chi connectivity index (χ1) is 9.43. The summed E-state index contributed by atoms with van der Waals surface area (Å²) in [6, 6.07) is 5.96. The largest absolute Gasteiger partial charge is 0.480 e. The Bertz CT molecular complexity index is 517. The number of nitrogens with one attached hydrogen (secondary N) is 1. The molecule has 0 saturated heterocycles. The highest BCUT2D eigenvalue weighted by molar-refractivity contribution is 7.80. The van der Waals surface area contributed by atoms with Gasteiger partial charge in [-0.2, -0.15) is 0 Å². The molecule has 6 heteroatoms. The van der Waals surface area contributed by atoms with Crippen LogP contribution in [0, 0.1) is 0 Å². The van der Waals surface area contributed by atoms with Gasteiger partial charge in [-0.25, -0.2) is 4.79 Å². The molecule has 0 spiro atoms. The number of hydrogen-bond acceptors (Lipinski definition) is 3. The summed E-state index contributed by atoms with van der Waals surface area (Å²) in [4.78, 5) is 23.4. The molecule has 0 aromatic heterocycles. The molecule has 1 unspecified atom stereocenters. The Hall–Kier alpha value is -1.95. The molecule has 1 atom stereocenters. The van der Waals surface area contributed by atoms with Crippen LogP contribution < -0.4 is 11.1 Å². The summed E-state index contributed by atoms with van der Waals surface area (Å²) in [6.07, 6.45) is 1.49. The number of aliphatic carboxylic acids is 1. The first-order valence-corrected chi connectivity index (χ1v) is 6.75. The summed E-state index contributed by atoms with van der Waals surface area (Å²) < 4.78 is 0. The molecule has 1 amide bonds. The van der Waals surface area contributed by atoms with E-state index in [0.29, 0.717) is 29.8 Å². The van der Waals surface area contributed by atoms with Gasteiger partial charge in [0.05, 0.1) is 4.99 Å². The number of thiocarbonyl (C=S) groups is 1. The molecule has 108 valence electrons. The molecular formula is C14H18N2O3S. The van der Waals surface area contributed by atoms with Crippen molar-refractivity contribution in [1.29, 1.82) is 0 Å². The van der Waals surface area contributed by atoms with Crippen LogP contribution in [0.4, 0.5) is 0 Å². The van der Waals surface area contributed by atoms with E-state index in [-0.39, 0.29) is 0 Å². The van der Waals surface area contributed by atoms with Gasteiger partial charge in [-0.3, -0.25) is 4.79 Å². The summed E-state index contributed by atoms with van der Waals surface area (Å²) in [5, 5.41) is 11.5. The van der Waals surface area contributed by atoms with Crippen LogP contribution in [0.25, 0.3) is 0 Å². The zero-order chi connectivity index (χ0) is 15.1. The molecule has 1 aromatic rings. The van der Waals surface area contributed by atoms with Gasteiger partial charge < -0.3 is 16.2 Å². The summed E-state index contributed by atoms with van der Waals surface area (Å²) >= 11 is 4.82. The van der Waals surface area contributed by atoms with E-state index >= 15 is 0 Å². The molecule has 5 nitrogen and oxygen atoms in total. The van der Waals surface area contributed by atoms with Crippen molar-refractivity contribution in [2.45, 2.75) is 32.2 Å². The smallest absolute Gasteiger partial charge is 0.326 e. The normalized spacial score (nSPS) is 11.7. The molecule has 4 N–H and O–H groups in total. The third-order valence-electron chi connectivity index (χ3n) is 2.75. The monoisotopic (exact) mass is 294 g/mol. The van der Waals surface area contributed by atoms with Crippen LogP contribution >= 0.6 is 12.2 Å². The predicted molar refractivity (Wildman–Crippen MR) is 80.7 cm³/mol. The Balaban J connectivity index is 2.80. The Morgan fingerprint density at radius 3 is 2.70 bits per heavy atom. The maximum Gasteiger partial charge on any atom is 0.326 e. The Morgan fingerprint density at radius 2 is 2.15 bits per heavy atom. The van der Waals surface area contributed by atoms with Crippen molar-refractivity contribution in [3.05, 3.63) is 35.4 Å². The molecule has 0 aliphatic rings. The lowest BCUT2D eigenvalue weighted by atomic mass is 10.1. The van der Waals surface area contributed by atoms with Crippen LogP contribution in [0.2, 0.25) is 0 Å². The maximum absolute atomic E-state index is 12.0. The second-order valence-electron chi connectivity index (χ2n) is 4.50. The number of carbonyl (C=O) groups excluding carboxylic acids is 1. The van der Waals surface area contributed by atoms with Gasteiger partial charge in [0.25, 0.3) is 5.91 Å². The predicted octanol–water partition coefficient (Wildman–Crippen LogP) is 1.50. The number of benzene rings is 1. The standard InChI is InChI=1S/C14H18N2O3S/c1-2-4-11(14(18)19)16-13(17)10-6-3-5-9(7-10)8-12(15)20/h3,5-7,11H,2,4,8H2,1H3,(H2,15,20)(H,16,17)(H,18,19). The third-order valence-corrected chi connectivity index (χ3v) is 2.89. The lowest BCUT2D eigenvalue weighted by Crippen LogP contribution is -2.40. The average molecular weight is 294 g/mol. The van der Waals surface area contributed by atoms with E-state index in [1.54, 1.807) is 18.2 Å². The fourth-order valence-corrected chi connectivity index (χ4v) is 1.98. The first-order valence-electron chi connectivity index (χ1n) is 6.35. The van der Waals surface area contributed by atoms with Crippen LogP contribution in [0.1, 0.15) is 35.7 Å². The van der Waals surface area contributed by atoms with Gasteiger partial charge in [0.2, 0.25) is 0 Å². The van der Waals surface area contributed by atoms with Crippen molar-refractivity contribution in [1.82, 2.24) is 5.32 Å². The minimum atomic E-state index is -1.03. The van der Waals surface area contributed by atoms with Gasteiger partial charge in [-0.1, -0.05) is 37.7 Å². The molecule has 0 saturated carbocycles. The van der Waals surface area contributed by atoms with Gasteiger partial charge >= 0.3 is 5.97 Å². The van der Waals surface area contributed by atoms with E-state index in [0.717, 1.165) is 5.56 Å². The number of nitrogens with two attached hydrogens (primary N) is 1. The molecule has 1 rings (SSSR count). The van der Waals surface area contributed by atoms with Crippen LogP contribution in [0.15, 0.2) is 24.3 Å². The van der Waals surface area contributed by atoms with Gasteiger partial charge in [-0.15, -0.1) is 0 Å². The summed E-state index contributed by atoms with van der Waals surface area (Å²) in [7, 11) is 0. The summed E-state index contributed by atoms with van der Waals surface area (Å²) in [5.41, 5.74) is 6.69. The summed E-state index contributed by atoms with van der Waals surface area (Å²) in [5.74, 6) is -1.44. The molecule has 0 bridgehead atoms. The van der Waals surface area contributed by atoms with Crippen LogP contribution in [-0.2, 0) is 11.2 Å². The molecule has 0 heterocycles. The SMILES string of the molecule is CCCC(NC(=O)c1cccc(CC(N)=S)c1)C(=O)O. The molecule has 20 heavy (non-hydrogen) atoms. The average Bonchev–Trinajstić information content (AvgIpc) is 2.37. The van der Waals surface area contributed by atoms with E-state index in [1.165, 1.54) is 0 Å². The summed E-state index contributed by atoms with van der Waals surface area (Å²) in [6.45, 7) is 1.87. The van der Waals surface area contributed by atoms with Crippen molar-refractivity contribution >= 4 is 29.1 Å². The molecule has 0 aliphatic heterocycles. The van der Waals surface area contributed by atoms with Crippen LogP contribution in [0.5, 0.6) is 0 Å². The number of carboxylic acid groups (broad SMARTS) is 1. The molecular weight excluding hydrogens is 276 g/mol. The van der Waals surface area contributed by atoms with Crippen molar-refractivity contribution in [3.8, 4) is 0 Å². The van der Waals surface area contributed by atoms with Crippen LogP contribution in [0.3, 0.4) is 0 Å². The van der Waals surface area contributed by atoms with Crippen molar-refractivity contribution < 1.29 is 14.7 Å². The van der Waals surface area contributed by atoms with Gasteiger partial charge in [0.15, 0.2) is 0 Å². The lowest BCUT2D eigenvalue weighted by molar-refractivity contribution is -0.139. The second-order valence-corrected chi connectivity index (χ2v) is 5.02. The Labute approximate surface area is 123 Å². The highest BCUT2D eigenvalue weighted by atomic mass is 32.1. The fraction of sp³-hybridized carbons (Fsp3) is 0.357. The Kier molecular flexibility index (Phi) is 6.11. The van der Waals surface area contributed by atoms with E-state index in [4.69, 9.17) is 23.1 Å². The van der Waals surface area contributed by atoms with Crippen molar-refractivity contribution in [2.24, 2.45) is 5.73 Å². The first kappa shape index (κ1) is 16.1. The highest BCUT2D eigenvalue weighted by Gasteiger charge is 2.19. The van der Waals surface area contributed by atoms with E-state index in [9.17, 15) is 9.59 Å². The van der Waals surface area contributed by atoms with Crippen molar-refractivity contribution in [2.75, 3.05) is 0 Å². The topological polar surface area (TPSA) is 92.4 Å². The van der Waals surface area contributed by atoms with Crippen LogP contribution in [-0.4, -0.2) is 28.0 Å². The number of amides is 1. The molecule has 0 aliphatic carbocycles. The lowest BCUT2D eigenvalue weighted by Gasteiger charge is -2.13.